The van der Waals surface area contributed by atoms with Crippen LogP contribution in [0.2, 0.25) is 0 Å². The van der Waals surface area contributed by atoms with E-state index >= 15 is 0 Å². The Kier molecular flexibility index (Phi) is 4.30. The minimum atomic E-state index is -0.331. The second-order valence-corrected chi connectivity index (χ2v) is 6.15. The van der Waals surface area contributed by atoms with Gasteiger partial charge in [-0.1, -0.05) is 15.9 Å². The highest BCUT2D eigenvalue weighted by molar-refractivity contribution is 9.10. The van der Waals surface area contributed by atoms with Crippen LogP contribution in [0, 0.1) is 13.8 Å². The minimum Gasteiger partial charge on any atom is -0.292 e. The predicted octanol–water partition coefficient (Wildman–Crippen LogP) is 2.38. The largest absolute Gasteiger partial charge is 0.292 e. The van der Waals surface area contributed by atoms with E-state index in [-0.39, 0.29) is 17.1 Å². The highest BCUT2D eigenvalue weighted by Gasteiger charge is 2.12. The van der Waals surface area contributed by atoms with Gasteiger partial charge in [0.25, 0.3) is 11.1 Å². The zero-order chi connectivity index (χ0) is 17.3. The van der Waals surface area contributed by atoms with E-state index in [1.165, 1.54) is 17.0 Å². The molecule has 2 aromatic heterocycles. The van der Waals surface area contributed by atoms with Gasteiger partial charge in [0.1, 0.15) is 0 Å². The number of rotatable bonds is 3. The van der Waals surface area contributed by atoms with Gasteiger partial charge >= 0.3 is 0 Å². The van der Waals surface area contributed by atoms with Crippen LogP contribution >= 0.6 is 15.9 Å². The van der Waals surface area contributed by atoms with E-state index in [0.717, 1.165) is 10.2 Å². The molecule has 0 saturated carbocycles. The normalized spacial score (nSPS) is 11.3. The van der Waals surface area contributed by atoms with Gasteiger partial charge in [-0.3, -0.25) is 24.7 Å². The van der Waals surface area contributed by atoms with Crippen LogP contribution in [-0.4, -0.2) is 26.0 Å². The van der Waals surface area contributed by atoms with Crippen molar-refractivity contribution in [1.82, 2.24) is 19.7 Å². The molecule has 3 rings (SSSR count). The van der Waals surface area contributed by atoms with Crippen LogP contribution in [0.4, 0.5) is 5.69 Å². The molecule has 0 amide bonds. The number of aliphatic imine (C=N–C) groups is 1. The zero-order valence-corrected chi connectivity index (χ0v) is 14.6. The fourth-order valence-corrected chi connectivity index (χ4v) is 2.46. The van der Waals surface area contributed by atoms with Gasteiger partial charge in [0.2, 0.25) is 5.95 Å². The molecular weight excluding hydrogens is 374 g/mol. The van der Waals surface area contributed by atoms with Crippen LogP contribution in [0.1, 0.15) is 17.0 Å². The molecule has 0 aliphatic carbocycles. The van der Waals surface area contributed by atoms with Crippen molar-refractivity contribution >= 4 is 27.8 Å². The summed E-state index contributed by atoms with van der Waals surface area (Å²) in [5.74, 6) is 0.149. The number of nitrogens with zero attached hydrogens (tertiary/aromatic N) is 3. The lowest BCUT2D eigenvalue weighted by Crippen LogP contribution is -2.23. The van der Waals surface area contributed by atoms with Crippen molar-refractivity contribution in [1.29, 1.82) is 0 Å². The van der Waals surface area contributed by atoms with Crippen molar-refractivity contribution in [2.24, 2.45) is 4.99 Å². The third-order valence-electron chi connectivity index (χ3n) is 3.36. The molecule has 7 nitrogen and oxygen atoms in total. The predicted molar refractivity (Wildman–Crippen MR) is 95.7 cm³/mol. The minimum absolute atomic E-state index is 0.149. The summed E-state index contributed by atoms with van der Waals surface area (Å²) in [7, 11) is 0. The maximum Gasteiger partial charge on any atom is 0.282 e. The Bertz CT molecular complexity index is 1030. The van der Waals surface area contributed by atoms with Gasteiger partial charge in [-0.15, -0.1) is 0 Å². The summed E-state index contributed by atoms with van der Waals surface area (Å²) >= 11 is 3.36. The lowest BCUT2D eigenvalue weighted by molar-refractivity contribution is 0.763. The van der Waals surface area contributed by atoms with Gasteiger partial charge in [-0.2, -0.15) is 4.68 Å². The van der Waals surface area contributed by atoms with Crippen molar-refractivity contribution < 1.29 is 0 Å². The summed E-state index contributed by atoms with van der Waals surface area (Å²) in [5, 5.41) is 2.90. The number of hydrogen-bond donors (Lipinski definition) is 2. The second kappa shape index (κ2) is 6.40. The first-order chi connectivity index (χ1) is 11.4. The van der Waals surface area contributed by atoms with Gasteiger partial charge < -0.3 is 0 Å². The molecule has 122 valence electrons. The number of aryl methyl sites for hydroxylation is 2. The first-order valence-electron chi connectivity index (χ1n) is 7.13. The first kappa shape index (κ1) is 16.1. The SMILES string of the molecule is Cc1cc(=O)[nH]c(-n2[nH]c(C)c(C=Nc3ccc(Br)cc3)c2=O)n1. The number of aromatic nitrogens is 4. The molecule has 2 N–H and O–H groups in total. The Morgan fingerprint density at radius 3 is 2.58 bits per heavy atom. The maximum atomic E-state index is 12.6. The molecule has 3 aromatic rings. The van der Waals surface area contributed by atoms with Gasteiger partial charge in [0.05, 0.1) is 11.3 Å². The summed E-state index contributed by atoms with van der Waals surface area (Å²) in [5.41, 5.74) is 1.64. The Labute approximate surface area is 145 Å². The molecule has 0 bridgehead atoms. The van der Waals surface area contributed by atoms with Gasteiger partial charge in [0, 0.05) is 28.1 Å². The van der Waals surface area contributed by atoms with E-state index in [2.05, 4.69) is 36.0 Å². The quantitative estimate of drug-likeness (QED) is 0.675. The third kappa shape index (κ3) is 3.28. The fraction of sp³-hybridized carbons (Fsp3) is 0.125. The molecule has 0 spiro atoms. The van der Waals surface area contributed by atoms with Crippen LogP contribution in [0.3, 0.4) is 0 Å². The number of hydrogen-bond acceptors (Lipinski definition) is 4. The first-order valence-corrected chi connectivity index (χ1v) is 7.93. The number of aromatic amines is 2. The van der Waals surface area contributed by atoms with Crippen LogP contribution in [0.25, 0.3) is 5.95 Å². The van der Waals surface area contributed by atoms with Crippen molar-refractivity contribution in [3.8, 4) is 5.95 Å². The van der Waals surface area contributed by atoms with E-state index in [9.17, 15) is 9.59 Å². The lowest BCUT2D eigenvalue weighted by atomic mass is 10.3. The molecule has 24 heavy (non-hydrogen) atoms. The zero-order valence-electron chi connectivity index (χ0n) is 13.0. The number of benzene rings is 1. The van der Waals surface area contributed by atoms with Crippen LogP contribution in [0.5, 0.6) is 0 Å². The summed E-state index contributed by atoms with van der Waals surface area (Å²) in [4.78, 5) is 35.2. The Balaban J connectivity index is 2.02. The molecule has 0 fully saturated rings. The van der Waals surface area contributed by atoms with E-state index in [1.54, 1.807) is 13.8 Å². The molecule has 0 aliphatic heterocycles. The smallest absolute Gasteiger partial charge is 0.282 e. The highest BCUT2D eigenvalue weighted by atomic mass is 79.9. The summed E-state index contributed by atoms with van der Waals surface area (Å²) < 4.78 is 2.16. The average Bonchev–Trinajstić information content (AvgIpc) is 2.81. The molecule has 0 aliphatic rings. The van der Waals surface area contributed by atoms with Crippen LogP contribution in [0.15, 0.2) is 49.4 Å². The topological polar surface area (TPSA) is 95.9 Å². The monoisotopic (exact) mass is 387 g/mol. The van der Waals surface area contributed by atoms with E-state index in [4.69, 9.17) is 0 Å². The second-order valence-electron chi connectivity index (χ2n) is 5.24. The molecule has 0 unspecified atom stereocenters. The van der Waals surface area contributed by atoms with E-state index < -0.39 is 0 Å². The van der Waals surface area contributed by atoms with Gasteiger partial charge in [0.15, 0.2) is 0 Å². The third-order valence-corrected chi connectivity index (χ3v) is 3.88. The standard InChI is InChI=1S/C16H14BrN5O2/c1-9-7-14(23)20-16(19-9)22-15(24)13(10(2)21-22)8-18-12-5-3-11(17)4-6-12/h3-8,21H,1-2H3,(H,19,20,23). The van der Waals surface area contributed by atoms with Gasteiger partial charge in [-0.05, 0) is 38.1 Å². The molecular formula is C16H14BrN5O2. The van der Waals surface area contributed by atoms with E-state index in [0.29, 0.717) is 17.0 Å². The van der Waals surface area contributed by atoms with Gasteiger partial charge in [-0.25, -0.2) is 4.98 Å². The Morgan fingerprint density at radius 2 is 1.92 bits per heavy atom. The van der Waals surface area contributed by atoms with Crippen LogP contribution < -0.4 is 11.1 Å². The molecule has 0 radical (unpaired) electrons. The number of halogens is 1. The van der Waals surface area contributed by atoms with Crippen molar-refractivity contribution in [2.45, 2.75) is 13.8 Å². The Hall–Kier alpha value is -2.74. The van der Waals surface area contributed by atoms with Crippen molar-refractivity contribution in [3.63, 3.8) is 0 Å². The average molecular weight is 388 g/mol. The maximum absolute atomic E-state index is 12.6. The van der Waals surface area contributed by atoms with Crippen molar-refractivity contribution in [3.05, 3.63) is 72.5 Å². The fourth-order valence-electron chi connectivity index (χ4n) is 2.20. The lowest BCUT2D eigenvalue weighted by Gasteiger charge is -2.00. The summed E-state index contributed by atoms with van der Waals surface area (Å²) in [6, 6.07) is 8.77. The number of nitrogens with one attached hydrogen (secondary N) is 2. The summed E-state index contributed by atoms with van der Waals surface area (Å²) in [6.45, 7) is 3.45. The molecule has 8 heteroatoms. The van der Waals surface area contributed by atoms with Crippen LogP contribution in [-0.2, 0) is 0 Å². The highest BCUT2D eigenvalue weighted by Crippen LogP contribution is 2.16. The van der Waals surface area contributed by atoms with E-state index in [1.807, 2.05) is 24.3 Å². The summed E-state index contributed by atoms with van der Waals surface area (Å²) in [6.07, 6.45) is 1.50. The molecule has 0 atom stereocenters. The molecule has 0 saturated heterocycles. The van der Waals surface area contributed by atoms with Crippen molar-refractivity contribution in [2.75, 3.05) is 0 Å². The Morgan fingerprint density at radius 1 is 1.21 bits per heavy atom. The molecule has 1 aromatic carbocycles. The number of H-pyrrole nitrogens is 2. The molecule has 2 heterocycles.